The van der Waals surface area contributed by atoms with Gasteiger partial charge in [0.15, 0.2) is 0 Å². The molecule has 18 heavy (non-hydrogen) atoms. The van der Waals surface area contributed by atoms with E-state index < -0.39 is 11.9 Å². The summed E-state index contributed by atoms with van der Waals surface area (Å²) in [7, 11) is 0. The molecule has 4 nitrogen and oxygen atoms in total. The third-order valence-corrected chi connectivity index (χ3v) is 2.42. The van der Waals surface area contributed by atoms with Gasteiger partial charge in [0.05, 0.1) is 13.2 Å². The van der Waals surface area contributed by atoms with E-state index in [0.29, 0.717) is 6.61 Å². The van der Waals surface area contributed by atoms with Gasteiger partial charge in [-0.2, -0.15) is 0 Å². The van der Waals surface area contributed by atoms with Crippen LogP contribution >= 0.6 is 0 Å². The van der Waals surface area contributed by atoms with Gasteiger partial charge in [0, 0.05) is 12.5 Å². The number of ether oxygens (including phenoxy) is 3. The van der Waals surface area contributed by atoms with Crippen molar-refractivity contribution in [3.63, 3.8) is 0 Å². The zero-order chi connectivity index (χ0) is 13.4. The summed E-state index contributed by atoms with van der Waals surface area (Å²) < 4.78 is 15.7. The Balaban J connectivity index is 2.84. The van der Waals surface area contributed by atoms with E-state index in [2.05, 4.69) is 0 Å². The molecule has 0 aromatic heterocycles. The first-order valence-corrected chi connectivity index (χ1v) is 6.17. The lowest BCUT2D eigenvalue weighted by Gasteiger charge is -2.29. The van der Waals surface area contributed by atoms with E-state index in [1.165, 1.54) is 0 Å². The van der Waals surface area contributed by atoms with E-state index in [0.717, 1.165) is 12.0 Å². The topological polar surface area (TPSA) is 44.8 Å². The van der Waals surface area contributed by atoms with E-state index in [9.17, 15) is 4.79 Å². The molecular formula is C14H20O4. The average molecular weight is 252 g/mol. The van der Waals surface area contributed by atoms with Crippen LogP contribution in [-0.2, 0) is 20.0 Å². The first kappa shape index (κ1) is 14.5. The zero-order valence-electron chi connectivity index (χ0n) is 11.1. The minimum Gasteiger partial charge on any atom is -0.435 e. The first-order chi connectivity index (χ1) is 8.62. The van der Waals surface area contributed by atoms with Crippen LogP contribution < -0.4 is 0 Å². The van der Waals surface area contributed by atoms with Crippen LogP contribution in [0.25, 0.3) is 0 Å². The molecule has 0 radical (unpaired) electrons. The standard InChI is InChI=1S/C14H20O4/c1-4-11-17-14(3,18-13(15)16-5-2)12-9-7-6-8-10-12/h6-10H,4-5,11H2,1-3H3. The van der Waals surface area contributed by atoms with Crippen LogP contribution in [-0.4, -0.2) is 19.4 Å². The van der Waals surface area contributed by atoms with Crippen LogP contribution in [0.4, 0.5) is 4.79 Å². The second kappa shape index (κ2) is 7.01. The molecule has 0 heterocycles. The minimum atomic E-state index is -1.11. The summed E-state index contributed by atoms with van der Waals surface area (Å²) in [4.78, 5) is 11.5. The molecule has 100 valence electrons. The fourth-order valence-electron chi connectivity index (χ4n) is 1.52. The summed E-state index contributed by atoms with van der Waals surface area (Å²) in [6.07, 6.45) is 0.120. The summed E-state index contributed by atoms with van der Waals surface area (Å²) in [6.45, 7) is 6.22. The molecule has 0 fully saturated rings. The molecule has 4 heteroatoms. The highest BCUT2D eigenvalue weighted by atomic mass is 16.8. The van der Waals surface area contributed by atoms with Gasteiger partial charge in [-0.05, 0) is 13.3 Å². The average Bonchev–Trinajstić information content (AvgIpc) is 2.38. The Labute approximate surface area is 108 Å². The van der Waals surface area contributed by atoms with Crippen molar-refractivity contribution in [3.8, 4) is 0 Å². The maximum atomic E-state index is 11.5. The van der Waals surface area contributed by atoms with Gasteiger partial charge in [0.1, 0.15) is 0 Å². The second-order valence-electron chi connectivity index (χ2n) is 3.95. The van der Waals surface area contributed by atoms with E-state index in [4.69, 9.17) is 14.2 Å². The highest BCUT2D eigenvalue weighted by Gasteiger charge is 2.32. The van der Waals surface area contributed by atoms with Crippen LogP contribution in [0.5, 0.6) is 0 Å². The second-order valence-corrected chi connectivity index (χ2v) is 3.95. The summed E-state index contributed by atoms with van der Waals surface area (Å²) >= 11 is 0. The maximum Gasteiger partial charge on any atom is 0.511 e. The lowest BCUT2D eigenvalue weighted by atomic mass is 10.1. The lowest BCUT2D eigenvalue weighted by Crippen LogP contribution is -2.33. The fourth-order valence-corrected chi connectivity index (χ4v) is 1.52. The van der Waals surface area contributed by atoms with Gasteiger partial charge >= 0.3 is 6.16 Å². The molecule has 0 spiro atoms. The van der Waals surface area contributed by atoms with E-state index in [1.54, 1.807) is 13.8 Å². The van der Waals surface area contributed by atoms with Gasteiger partial charge in [0.2, 0.25) is 5.79 Å². The number of hydrogen-bond donors (Lipinski definition) is 0. The quantitative estimate of drug-likeness (QED) is 0.574. The third kappa shape index (κ3) is 4.04. The Morgan fingerprint density at radius 1 is 1.22 bits per heavy atom. The van der Waals surface area contributed by atoms with Gasteiger partial charge in [-0.1, -0.05) is 37.3 Å². The SMILES string of the molecule is CCCOC(C)(OC(=O)OCC)c1ccccc1. The van der Waals surface area contributed by atoms with Crippen molar-refractivity contribution < 1.29 is 19.0 Å². The van der Waals surface area contributed by atoms with Gasteiger partial charge in [-0.3, -0.25) is 0 Å². The highest BCUT2D eigenvalue weighted by molar-refractivity contribution is 5.60. The molecule has 1 atom stereocenters. The van der Waals surface area contributed by atoms with Crippen molar-refractivity contribution in [2.45, 2.75) is 33.0 Å². The maximum absolute atomic E-state index is 11.5. The van der Waals surface area contributed by atoms with Crippen molar-refractivity contribution in [1.29, 1.82) is 0 Å². The normalized spacial score (nSPS) is 13.7. The van der Waals surface area contributed by atoms with Crippen molar-refractivity contribution >= 4 is 6.16 Å². The molecule has 0 amide bonds. The van der Waals surface area contributed by atoms with Gasteiger partial charge in [-0.25, -0.2) is 4.79 Å². The molecule has 0 saturated carbocycles. The van der Waals surface area contributed by atoms with E-state index in [1.807, 2.05) is 37.3 Å². The Bertz CT molecular complexity index is 363. The highest BCUT2D eigenvalue weighted by Crippen LogP contribution is 2.27. The number of hydrogen-bond acceptors (Lipinski definition) is 4. The molecule has 1 unspecified atom stereocenters. The molecule has 1 aromatic carbocycles. The Morgan fingerprint density at radius 2 is 1.89 bits per heavy atom. The smallest absolute Gasteiger partial charge is 0.435 e. The predicted octanol–water partition coefficient (Wildman–Crippen LogP) is 3.46. The summed E-state index contributed by atoms with van der Waals surface area (Å²) in [6, 6.07) is 9.35. The molecule has 0 N–H and O–H groups in total. The van der Waals surface area contributed by atoms with Crippen molar-refractivity contribution in [2.24, 2.45) is 0 Å². The lowest BCUT2D eigenvalue weighted by molar-refractivity contribution is -0.209. The van der Waals surface area contributed by atoms with Crippen molar-refractivity contribution in [2.75, 3.05) is 13.2 Å². The Morgan fingerprint density at radius 3 is 2.44 bits per heavy atom. The molecular weight excluding hydrogens is 232 g/mol. The third-order valence-electron chi connectivity index (χ3n) is 2.42. The van der Waals surface area contributed by atoms with Crippen LogP contribution in [0.1, 0.15) is 32.8 Å². The van der Waals surface area contributed by atoms with Crippen molar-refractivity contribution in [3.05, 3.63) is 35.9 Å². The fraction of sp³-hybridized carbons (Fsp3) is 0.500. The largest absolute Gasteiger partial charge is 0.511 e. The van der Waals surface area contributed by atoms with E-state index in [-0.39, 0.29) is 6.61 Å². The monoisotopic (exact) mass is 252 g/mol. The van der Waals surface area contributed by atoms with Gasteiger partial charge < -0.3 is 14.2 Å². The van der Waals surface area contributed by atoms with Crippen LogP contribution in [0, 0.1) is 0 Å². The molecule has 0 aliphatic rings. The molecule has 0 bridgehead atoms. The van der Waals surface area contributed by atoms with E-state index >= 15 is 0 Å². The first-order valence-electron chi connectivity index (χ1n) is 6.17. The van der Waals surface area contributed by atoms with Gasteiger partial charge in [0.25, 0.3) is 0 Å². The van der Waals surface area contributed by atoms with Crippen LogP contribution in [0.15, 0.2) is 30.3 Å². The van der Waals surface area contributed by atoms with Crippen molar-refractivity contribution in [1.82, 2.24) is 0 Å². The summed E-state index contributed by atoms with van der Waals surface area (Å²) in [5.41, 5.74) is 0.784. The molecule has 1 rings (SSSR count). The zero-order valence-corrected chi connectivity index (χ0v) is 11.1. The number of rotatable bonds is 6. The molecule has 0 saturated heterocycles. The van der Waals surface area contributed by atoms with Crippen LogP contribution in [0.3, 0.4) is 0 Å². The number of carbonyl (C=O) groups is 1. The molecule has 0 aliphatic heterocycles. The predicted molar refractivity (Wildman–Crippen MR) is 68.1 cm³/mol. The molecule has 1 aromatic rings. The van der Waals surface area contributed by atoms with Crippen LogP contribution in [0.2, 0.25) is 0 Å². The molecule has 0 aliphatic carbocycles. The Hall–Kier alpha value is -1.55. The van der Waals surface area contributed by atoms with Gasteiger partial charge in [-0.15, -0.1) is 0 Å². The summed E-state index contributed by atoms with van der Waals surface area (Å²) in [5.74, 6) is -1.11. The number of benzene rings is 1. The minimum absolute atomic E-state index is 0.275. The number of carbonyl (C=O) groups excluding carboxylic acids is 1. The summed E-state index contributed by atoms with van der Waals surface area (Å²) in [5, 5.41) is 0. The Kier molecular flexibility index (Phi) is 5.65.